The number of amides is 3. The van der Waals surface area contributed by atoms with Gasteiger partial charge in [-0.1, -0.05) is 42.0 Å². The molecule has 0 heterocycles. The summed E-state index contributed by atoms with van der Waals surface area (Å²) >= 11 is 0. The van der Waals surface area contributed by atoms with E-state index in [0.717, 1.165) is 22.3 Å². The van der Waals surface area contributed by atoms with Gasteiger partial charge in [-0.05, 0) is 49.6 Å². The lowest BCUT2D eigenvalue weighted by Crippen LogP contribution is -2.37. The van der Waals surface area contributed by atoms with Crippen molar-refractivity contribution < 1.29 is 19.1 Å². The number of rotatable bonds is 5. The Morgan fingerprint density at radius 2 is 1.74 bits per heavy atom. The molecule has 0 aliphatic rings. The maximum absolute atomic E-state index is 11.9. The largest absolute Gasteiger partial charge is 0.452 e. The van der Waals surface area contributed by atoms with E-state index in [9.17, 15) is 14.4 Å². The highest BCUT2D eigenvalue weighted by Crippen LogP contribution is 2.15. The van der Waals surface area contributed by atoms with Crippen LogP contribution in [0.25, 0.3) is 6.08 Å². The van der Waals surface area contributed by atoms with Crippen LogP contribution in [0.4, 0.5) is 10.5 Å². The van der Waals surface area contributed by atoms with Gasteiger partial charge in [0.1, 0.15) is 0 Å². The minimum absolute atomic E-state index is 0.544. The van der Waals surface area contributed by atoms with Crippen molar-refractivity contribution in [2.75, 3.05) is 11.9 Å². The number of hydrogen-bond donors (Lipinski definition) is 2. The van der Waals surface area contributed by atoms with Gasteiger partial charge in [-0.3, -0.25) is 10.1 Å². The van der Waals surface area contributed by atoms with Gasteiger partial charge in [0.2, 0.25) is 0 Å². The van der Waals surface area contributed by atoms with Crippen LogP contribution in [0, 0.1) is 20.8 Å². The summed E-state index contributed by atoms with van der Waals surface area (Å²) in [4.78, 5) is 35.3. The molecule has 0 fully saturated rings. The van der Waals surface area contributed by atoms with E-state index in [2.05, 4.69) is 10.6 Å². The zero-order chi connectivity index (χ0) is 19.8. The van der Waals surface area contributed by atoms with Crippen LogP contribution in [0.3, 0.4) is 0 Å². The van der Waals surface area contributed by atoms with Crippen molar-refractivity contribution in [1.29, 1.82) is 0 Å². The van der Waals surface area contributed by atoms with Gasteiger partial charge in [0.05, 0.1) is 0 Å². The fraction of sp³-hybridized carbons (Fsp3) is 0.190. The molecule has 0 bridgehead atoms. The molecule has 0 aliphatic carbocycles. The molecule has 6 heteroatoms. The molecule has 0 spiro atoms. The molecule has 3 amide bonds. The first-order valence-electron chi connectivity index (χ1n) is 8.43. The number of hydrogen-bond acceptors (Lipinski definition) is 4. The van der Waals surface area contributed by atoms with Crippen molar-refractivity contribution in [2.24, 2.45) is 0 Å². The summed E-state index contributed by atoms with van der Waals surface area (Å²) in [6.07, 6.45) is 2.85. The van der Waals surface area contributed by atoms with Crippen LogP contribution in [-0.2, 0) is 14.3 Å². The van der Waals surface area contributed by atoms with Crippen molar-refractivity contribution in [2.45, 2.75) is 20.8 Å². The van der Waals surface area contributed by atoms with Gasteiger partial charge in [0, 0.05) is 11.8 Å². The highest BCUT2D eigenvalue weighted by Gasteiger charge is 2.11. The van der Waals surface area contributed by atoms with Crippen LogP contribution in [0.5, 0.6) is 0 Å². The number of carbonyl (C=O) groups is 3. The van der Waals surface area contributed by atoms with Crippen LogP contribution in [0.1, 0.15) is 22.3 Å². The number of imide groups is 1. The molecular formula is C21H22N2O4. The summed E-state index contributed by atoms with van der Waals surface area (Å²) in [7, 11) is 0. The van der Waals surface area contributed by atoms with Gasteiger partial charge < -0.3 is 10.1 Å². The predicted octanol–water partition coefficient (Wildman–Crippen LogP) is 3.52. The van der Waals surface area contributed by atoms with Crippen molar-refractivity contribution in [1.82, 2.24) is 5.32 Å². The Hall–Kier alpha value is -3.41. The number of benzene rings is 2. The fourth-order valence-electron chi connectivity index (χ4n) is 2.39. The molecular weight excluding hydrogens is 344 g/mol. The summed E-state index contributed by atoms with van der Waals surface area (Å²) in [5, 5.41) is 4.70. The van der Waals surface area contributed by atoms with E-state index >= 15 is 0 Å². The van der Waals surface area contributed by atoms with Crippen molar-refractivity contribution in [3.8, 4) is 0 Å². The number of nitrogens with one attached hydrogen (secondary N) is 2. The summed E-state index contributed by atoms with van der Waals surface area (Å²) < 4.78 is 4.84. The van der Waals surface area contributed by atoms with Gasteiger partial charge in [-0.2, -0.15) is 0 Å². The summed E-state index contributed by atoms with van der Waals surface area (Å²) in [5.74, 6) is -1.38. The number of aryl methyl sites for hydroxylation is 3. The zero-order valence-corrected chi connectivity index (χ0v) is 15.5. The Morgan fingerprint density at radius 3 is 2.44 bits per heavy atom. The molecule has 0 radical (unpaired) electrons. The SMILES string of the molecule is Cc1ccc(NC(=O)NC(=O)COC(=O)/C=C/c2ccccc2C)c(C)c1. The molecule has 0 saturated carbocycles. The average Bonchev–Trinajstić information content (AvgIpc) is 2.61. The normalized spacial score (nSPS) is 10.5. The highest BCUT2D eigenvalue weighted by atomic mass is 16.5. The van der Waals surface area contributed by atoms with E-state index in [-0.39, 0.29) is 0 Å². The van der Waals surface area contributed by atoms with Crippen LogP contribution < -0.4 is 10.6 Å². The quantitative estimate of drug-likeness (QED) is 0.626. The second-order valence-electron chi connectivity index (χ2n) is 6.12. The predicted molar refractivity (Wildman–Crippen MR) is 104 cm³/mol. The number of anilines is 1. The van der Waals surface area contributed by atoms with E-state index in [0.29, 0.717) is 5.69 Å². The first-order valence-corrected chi connectivity index (χ1v) is 8.43. The van der Waals surface area contributed by atoms with Crippen LogP contribution in [0.15, 0.2) is 48.5 Å². The van der Waals surface area contributed by atoms with Gasteiger partial charge in [-0.15, -0.1) is 0 Å². The minimum Gasteiger partial charge on any atom is -0.452 e. The van der Waals surface area contributed by atoms with Crippen LogP contribution >= 0.6 is 0 Å². The Bertz CT molecular complexity index is 888. The number of urea groups is 1. The molecule has 0 aromatic heterocycles. The zero-order valence-electron chi connectivity index (χ0n) is 15.5. The van der Waals surface area contributed by atoms with Crippen molar-refractivity contribution in [3.05, 3.63) is 70.8 Å². The average molecular weight is 366 g/mol. The summed E-state index contributed by atoms with van der Waals surface area (Å²) in [6, 6.07) is 12.4. The maximum Gasteiger partial charge on any atom is 0.331 e. The molecule has 0 unspecified atom stereocenters. The smallest absolute Gasteiger partial charge is 0.331 e. The lowest BCUT2D eigenvalue weighted by Gasteiger charge is -2.09. The first-order chi connectivity index (χ1) is 12.8. The molecule has 2 N–H and O–H groups in total. The van der Waals surface area contributed by atoms with Crippen molar-refractivity contribution >= 4 is 29.7 Å². The third-order valence-electron chi connectivity index (χ3n) is 3.82. The lowest BCUT2D eigenvalue weighted by molar-refractivity contribution is -0.143. The number of carbonyl (C=O) groups excluding carboxylic acids is 3. The van der Waals surface area contributed by atoms with E-state index in [4.69, 9.17) is 4.74 Å². The first kappa shape index (κ1) is 19.9. The Labute approximate surface area is 158 Å². The Balaban J connectivity index is 1.79. The van der Waals surface area contributed by atoms with Crippen LogP contribution in [-0.4, -0.2) is 24.5 Å². The molecule has 2 rings (SSSR count). The molecule has 2 aromatic carbocycles. The van der Waals surface area contributed by atoms with E-state index < -0.39 is 24.5 Å². The van der Waals surface area contributed by atoms with E-state index in [1.807, 2.05) is 57.2 Å². The molecule has 6 nitrogen and oxygen atoms in total. The molecule has 0 aliphatic heterocycles. The molecule has 27 heavy (non-hydrogen) atoms. The topological polar surface area (TPSA) is 84.5 Å². The number of ether oxygens (including phenoxy) is 1. The fourth-order valence-corrected chi connectivity index (χ4v) is 2.39. The standard InChI is InChI=1S/C21H22N2O4/c1-14-8-10-18(16(3)12-14)22-21(26)23-19(24)13-27-20(25)11-9-17-7-5-4-6-15(17)2/h4-12H,13H2,1-3H3,(H2,22,23,24,26)/b11-9+. The third kappa shape index (κ3) is 6.43. The summed E-state index contributed by atoms with van der Waals surface area (Å²) in [6.45, 7) is 5.18. The Kier molecular flexibility index (Phi) is 6.88. The third-order valence-corrected chi connectivity index (χ3v) is 3.82. The molecule has 2 aromatic rings. The second-order valence-corrected chi connectivity index (χ2v) is 6.12. The van der Waals surface area contributed by atoms with Crippen LogP contribution in [0.2, 0.25) is 0 Å². The van der Waals surface area contributed by atoms with Gasteiger partial charge >= 0.3 is 12.0 Å². The number of esters is 1. The monoisotopic (exact) mass is 366 g/mol. The lowest BCUT2D eigenvalue weighted by atomic mass is 10.1. The van der Waals surface area contributed by atoms with E-state index in [1.165, 1.54) is 6.08 Å². The molecule has 0 saturated heterocycles. The Morgan fingerprint density at radius 1 is 1.00 bits per heavy atom. The maximum atomic E-state index is 11.9. The van der Waals surface area contributed by atoms with E-state index in [1.54, 1.807) is 12.1 Å². The highest BCUT2D eigenvalue weighted by molar-refractivity contribution is 6.02. The molecule has 0 atom stereocenters. The second kappa shape index (κ2) is 9.33. The minimum atomic E-state index is -0.713. The van der Waals surface area contributed by atoms with Gasteiger partial charge in [0.15, 0.2) is 6.61 Å². The molecule has 140 valence electrons. The van der Waals surface area contributed by atoms with Gasteiger partial charge in [-0.25, -0.2) is 9.59 Å². The van der Waals surface area contributed by atoms with Crippen molar-refractivity contribution in [3.63, 3.8) is 0 Å². The van der Waals surface area contributed by atoms with Gasteiger partial charge in [0.25, 0.3) is 5.91 Å². The summed E-state index contributed by atoms with van der Waals surface area (Å²) in [5.41, 5.74) is 4.45.